The quantitative estimate of drug-likeness (QED) is 0.806. The lowest BCUT2D eigenvalue weighted by molar-refractivity contribution is 0.0913. The fraction of sp³-hybridized carbons (Fsp3) is 0.500. The normalized spacial score (nSPS) is 21.4. The van der Waals surface area contributed by atoms with Crippen LogP contribution in [-0.2, 0) is 0 Å². The molecule has 0 unspecified atom stereocenters. The molecule has 2 aliphatic rings. The van der Waals surface area contributed by atoms with Gasteiger partial charge in [-0.05, 0) is 68.2 Å². The van der Waals surface area contributed by atoms with Gasteiger partial charge in [-0.25, -0.2) is 4.98 Å². The standard InChI is InChI=1S/C24H31N3O2/c1-16(2)18-8-10-19(11-9-18)26-24(28)20-5-4-6-21-23(20)29-14-13-27(21)22-12-7-17(3)15-25-22/h4-7,12,15-16,18-19H,8-11,13-14H2,1-3H3,(H,26,28)/t18-,19-. The van der Waals surface area contributed by atoms with E-state index in [9.17, 15) is 4.79 Å². The van der Waals surface area contributed by atoms with Gasteiger partial charge < -0.3 is 15.0 Å². The number of para-hydroxylation sites is 1. The summed E-state index contributed by atoms with van der Waals surface area (Å²) < 4.78 is 5.96. The Kier molecular flexibility index (Phi) is 5.74. The van der Waals surface area contributed by atoms with Crippen LogP contribution in [0.1, 0.15) is 55.5 Å². The minimum Gasteiger partial charge on any atom is -0.489 e. The average molecular weight is 394 g/mol. The number of hydrogen-bond acceptors (Lipinski definition) is 4. The fourth-order valence-corrected chi connectivity index (χ4v) is 4.48. The van der Waals surface area contributed by atoms with Crippen molar-refractivity contribution in [3.05, 3.63) is 47.7 Å². The summed E-state index contributed by atoms with van der Waals surface area (Å²) in [6, 6.07) is 10.1. The molecule has 0 atom stereocenters. The summed E-state index contributed by atoms with van der Waals surface area (Å²) in [7, 11) is 0. The molecule has 5 heteroatoms. The van der Waals surface area contributed by atoms with Crippen LogP contribution in [-0.4, -0.2) is 30.1 Å². The Morgan fingerprint density at radius 2 is 1.97 bits per heavy atom. The average Bonchev–Trinajstić information content (AvgIpc) is 2.74. The molecule has 1 fully saturated rings. The largest absolute Gasteiger partial charge is 0.489 e. The molecule has 0 spiro atoms. The molecule has 154 valence electrons. The van der Waals surface area contributed by atoms with E-state index in [4.69, 9.17) is 4.74 Å². The highest BCUT2D eigenvalue weighted by atomic mass is 16.5. The molecular weight excluding hydrogens is 362 g/mol. The Hall–Kier alpha value is -2.56. The maximum Gasteiger partial charge on any atom is 0.255 e. The monoisotopic (exact) mass is 393 g/mol. The number of anilines is 2. The zero-order chi connectivity index (χ0) is 20.4. The van der Waals surface area contributed by atoms with Gasteiger partial charge in [0.25, 0.3) is 5.91 Å². The van der Waals surface area contributed by atoms with Crippen LogP contribution in [0.25, 0.3) is 0 Å². The van der Waals surface area contributed by atoms with E-state index in [2.05, 4.69) is 35.1 Å². The zero-order valence-electron chi connectivity index (χ0n) is 17.6. The first-order chi connectivity index (χ1) is 14.0. The lowest BCUT2D eigenvalue weighted by Crippen LogP contribution is -2.39. The molecule has 1 aromatic heterocycles. The summed E-state index contributed by atoms with van der Waals surface area (Å²) >= 11 is 0. The summed E-state index contributed by atoms with van der Waals surface area (Å²) in [6.45, 7) is 7.87. The zero-order valence-corrected chi connectivity index (χ0v) is 17.6. The molecule has 4 rings (SSSR count). The first kappa shape index (κ1) is 19.7. The van der Waals surface area contributed by atoms with E-state index in [0.29, 0.717) is 24.5 Å². The van der Waals surface area contributed by atoms with Crippen LogP contribution in [0.2, 0.25) is 0 Å². The van der Waals surface area contributed by atoms with Crippen molar-refractivity contribution in [1.82, 2.24) is 10.3 Å². The lowest BCUT2D eigenvalue weighted by atomic mass is 9.79. The van der Waals surface area contributed by atoms with Crippen molar-refractivity contribution in [3.63, 3.8) is 0 Å². The maximum atomic E-state index is 13.1. The summed E-state index contributed by atoms with van der Waals surface area (Å²) in [5.41, 5.74) is 2.65. The number of ether oxygens (including phenoxy) is 1. The van der Waals surface area contributed by atoms with E-state index in [1.54, 1.807) is 0 Å². The number of aryl methyl sites for hydroxylation is 1. The third-order valence-corrected chi connectivity index (χ3v) is 6.31. The number of amides is 1. The number of carbonyl (C=O) groups excluding carboxylic acids is 1. The number of benzene rings is 1. The number of pyridine rings is 1. The fourth-order valence-electron chi connectivity index (χ4n) is 4.48. The second kappa shape index (κ2) is 8.44. The molecule has 5 nitrogen and oxygen atoms in total. The van der Waals surface area contributed by atoms with Crippen LogP contribution in [0.4, 0.5) is 11.5 Å². The molecule has 2 heterocycles. The van der Waals surface area contributed by atoms with E-state index < -0.39 is 0 Å². The molecule has 0 saturated heterocycles. The molecule has 29 heavy (non-hydrogen) atoms. The van der Waals surface area contributed by atoms with Crippen LogP contribution < -0.4 is 15.0 Å². The van der Waals surface area contributed by atoms with Gasteiger partial charge in [0, 0.05) is 12.2 Å². The minimum atomic E-state index is -0.0337. The topological polar surface area (TPSA) is 54.5 Å². The number of fused-ring (bicyclic) bond motifs is 1. The third-order valence-electron chi connectivity index (χ3n) is 6.31. The van der Waals surface area contributed by atoms with Crippen molar-refractivity contribution in [2.45, 2.75) is 52.5 Å². The van der Waals surface area contributed by atoms with Crippen molar-refractivity contribution in [2.75, 3.05) is 18.1 Å². The molecule has 1 aliphatic heterocycles. The second-order valence-corrected chi connectivity index (χ2v) is 8.68. The number of rotatable bonds is 4. The second-order valence-electron chi connectivity index (χ2n) is 8.68. The van der Waals surface area contributed by atoms with E-state index in [1.165, 1.54) is 12.8 Å². The summed E-state index contributed by atoms with van der Waals surface area (Å²) in [5.74, 6) is 3.02. The number of hydrogen-bond donors (Lipinski definition) is 1. The summed E-state index contributed by atoms with van der Waals surface area (Å²) in [5, 5.41) is 3.25. The molecule has 1 aromatic carbocycles. The summed E-state index contributed by atoms with van der Waals surface area (Å²) in [6.07, 6.45) is 6.38. The Morgan fingerprint density at radius 1 is 1.17 bits per heavy atom. The van der Waals surface area contributed by atoms with Gasteiger partial charge >= 0.3 is 0 Å². The van der Waals surface area contributed by atoms with Crippen LogP contribution in [0, 0.1) is 18.8 Å². The molecular formula is C24H31N3O2. The van der Waals surface area contributed by atoms with Crippen LogP contribution >= 0.6 is 0 Å². The molecule has 1 aliphatic carbocycles. The van der Waals surface area contributed by atoms with Crippen molar-refractivity contribution >= 4 is 17.4 Å². The molecule has 1 N–H and O–H groups in total. The van der Waals surface area contributed by atoms with E-state index >= 15 is 0 Å². The third kappa shape index (κ3) is 4.24. The SMILES string of the molecule is Cc1ccc(N2CCOc3c(C(=O)N[C@H]4CC[C@H](C(C)C)CC4)cccc32)nc1. The van der Waals surface area contributed by atoms with Gasteiger partial charge in [-0.1, -0.05) is 26.0 Å². The van der Waals surface area contributed by atoms with Crippen molar-refractivity contribution in [1.29, 1.82) is 0 Å². The van der Waals surface area contributed by atoms with Crippen LogP contribution in [0.5, 0.6) is 5.75 Å². The Balaban J connectivity index is 1.51. The number of aromatic nitrogens is 1. The maximum absolute atomic E-state index is 13.1. The van der Waals surface area contributed by atoms with Gasteiger partial charge in [0.1, 0.15) is 12.4 Å². The van der Waals surface area contributed by atoms with E-state index in [0.717, 1.165) is 41.7 Å². The van der Waals surface area contributed by atoms with Gasteiger partial charge in [0.05, 0.1) is 17.8 Å². The predicted molar refractivity (Wildman–Crippen MR) is 116 cm³/mol. The minimum absolute atomic E-state index is 0.0337. The highest BCUT2D eigenvalue weighted by Crippen LogP contribution is 2.38. The number of carbonyl (C=O) groups is 1. The van der Waals surface area contributed by atoms with Gasteiger partial charge in [0.15, 0.2) is 5.75 Å². The first-order valence-corrected chi connectivity index (χ1v) is 10.8. The highest BCUT2D eigenvalue weighted by Gasteiger charge is 2.28. The highest BCUT2D eigenvalue weighted by molar-refractivity contribution is 5.99. The van der Waals surface area contributed by atoms with Gasteiger partial charge in [-0.2, -0.15) is 0 Å². The summed E-state index contributed by atoms with van der Waals surface area (Å²) in [4.78, 5) is 19.8. The molecule has 1 amide bonds. The van der Waals surface area contributed by atoms with Gasteiger partial charge in [0.2, 0.25) is 0 Å². The lowest BCUT2D eigenvalue weighted by Gasteiger charge is -2.33. The van der Waals surface area contributed by atoms with Crippen molar-refractivity contribution in [3.8, 4) is 5.75 Å². The number of nitrogens with one attached hydrogen (secondary N) is 1. The van der Waals surface area contributed by atoms with E-state index in [-0.39, 0.29) is 11.9 Å². The smallest absolute Gasteiger partial charge is 0.255 e. The molecule has 0 radical (unpaired) electrons. The van der Waals surface area contributed by atoms with Gasteiger partial charge in [-0.3, -0.25) is 4.79 Å². The Bertz CT molecular complexity index is 855. The number of nitrogens with zero attached hydrogens (tertiary/aromatic N) is 2. The Morgan fingerprint density at radius 3 is 2.66 bits per heavy atom. The molecule has 2 aromatic rings. The van der Waals surface area contributed by atoms with E-state index in [1.807, 2.05) is 37.4 Å². The van der Waals surface area contributed by atoms with Crippen molar-refractivity contribution in [2.24, 2.45) is 11.8 Å². The first-order valence-electron chi connectivity index (χ1n) is 10.8. The molecule has 0 bridgehead atoms. The predicted octanol–water partition coefficient (Wildman–Crippen LogP) is 4.87. The Labute approximate surface area is 173 Å². The van der Waals surface area contributed by atoms with Crippen molar-refractivity contribution < 1.29 is 9.53 Å². The van der Waals surface area contributed by atoms with Crippen LogP contribution in [0.3, 0.4) is 0 Å². The molecule has 1 saturated carbocycles. The van der Waals surface area contributed by atoms with Crippen LogP contribution in [0.15, 0.2) is 36.5 Å². The van der Waals surface area contributed by atoms with Gasteiger partial charge in [-0.15, -0.1) is 0 Å².